The maximum absolute atomic E-state index is 10.8. The van der Waals surface area contributed by atoms with Gasteiger partial charge in [-0.25, -0.2) is 4.79 Å². The highest BCUT2D eigenvalue weighted by molar-refractivity contribution is 5.75. The van der Waals surface area contributed by atoms with Crippen molar-refractivity contribution in [1.29, 1.82) is 0 Å². The fourth-order valence-electron chi connectivity index (χ4n) is 2.22. The molecule has 3 atom stereocenters. The SMILES string of the molecule is CC(Oc1ccc(C2=CC([C@@H](C)O)CC=C2)cc1)C(=O)O. The van der Waals surface area contributed by atoms with Crippen molar-refractivity contribution in [2.75, 3.05) is 0 Å². The Hall–Kier alpha value is -2.07. The zero-order chi connectivity index (χ0) is 15.4. The molecule has 0 heterocycles. The number of allylic oxidation sites excluding steroid dienone is 3. The van der Waals surface area contributed by atoms with Crippen LogP contribution in [0.25, 0.3) is 5.57 Å². The molecule has 0 bridgehead atoms. The van der Waals surface area contributed by atoms with E-state index in [4.69, 9.17) is 9.84 Å². The van der Waals surface area contributed by atoms with Crippen molar-refractivity contribution in [3.8, 4) is 5.75 Å². The third-order valence-corrected chi connectivity index (χ3v) is 3.57. The first-order chi connectivity index (χ1) is 9.97. The van der Waals surface area contributed by atoms with Gasteiger partial charge in [0, 0.05) is 5.92 Å². The predicted octanol–water partition coefficient (Wildman–Crippen LogP) is 2.88. The minimum atomic E-state index is -0.989. The van der Waals surface area contributed by atoms with Crippen molar-refractivity contribution in [1.82, 2.24) is 0 Å². The van der Waals surface area contributed by atoms with Gasteiger partial charge in [0.25, 0.3) is 0 Å². The molecule has 112 valence electrons. The van der Waals surface area contributed by atoms with Gasteiger partial charge in [-0.15, -0.1) is 0 Å². The zero-order valence-corrected chi connectivity index (χ0v) is 12.2. The van der Waals surface area contributed by atoms with Crippen molar-refractivity contribution >= 4 is 11.5 Å². The fraction of sp³-hybridized carbons (Fsp3) is 0.353. The van der Waals surface area contributed by atoms with E-state index in [2.05, 4.69) is 12.2 Å². The number of hydrogen-bond donors (Lipinski definition) is 2. The molecule has 2 unspecified atom stereocenters. The van der Waals surface area contributed by atoms with Gasteiger partial charge in [0.05, 0.1) is 6.10 Å². The summed E-state index contributed by atoms with van der Waals surface area (Å²) in [6.07, 6.45) is 5.77. The van der Waals surface area contributed by atoms with Gasteiger partial charge in [-0.05, 0) is 43.5 Å². The van der Waals surface area contributed by atoms with Crippen LogP contribution in [0.4, 0.5) is 0 Å². The van der Waals surface area contributed by atoms with Crippen LogP contribution in [0, 0.1) is 5.92 Å². The number of carboxylic acids is 1. The molecule has 2 N–H and O–H groups in total. The topological polar surface area (TPSA) is 66.8 Å². The fourth-order valence-corrected chi connectivity index (χ4v) is 2.22. The summed E-state index contributed by atoms with van der Waals surface area (Å²) in [6.45, 7) is 3.29. The van der Waals surface area contributed by atoms with Gasteiger partial charge in [0.15, 0.2) is 6.10 Å². The van der Waals surface area contributed by atoms with Gasteiger partial charge in [-0.1, -0.05) is 30.4 Å². The van der Waals surface area contributed by atoms with Crippen LogP contribution in [-0.4, -0.2) is 28.4 Å². The molecule has 1 aromatic carbocycles. The second-order valence-corrected chi connectivity index (χ2v) is 5.29. The molecule has 0 radical (unpaired) electrons. The molecule has 0 saturated heterocycles. The molecule has 1 aliphatic rings. The lowest BCUT2D eigenvalue weighted by Gasteiger charge is -2.19. The Balaban J connectivity index is 2.12. The van der Waals surface area contributed by atoms with E-state index in [1.54, 1.807) is 19.1 Å². The quantitative estimate of drug-likeness (QED) is 0.874. The minimum Gasteiger partial charge on any atom is -0.479 e. The number of ether oxygens (including phenoxy) is 1. The average molecular weight is 288 g/mol. The molecular formula is C17H20O4. The van der Waals surface area contributed by atoms with Crippen molar-refractivity contribution in [3.63, 3.8) is 0 Å². The van der Waals surface area contributed by atoms with Crippen LogP contribution in [0.15, 0.2) is 42.5 Å². The summed E-state index contributed by atoms with van der Waals surface area (Å²) in [4.78, 5) is 10.8. The smallest absolute Gasteiger partial charge is 0.344 e. The lowest BCUT2D eigenvalue weighted by atomic mass is 9.89. The monoisotopic (exact) mass is 288 g/mol. The van der Waals surface area contributed by atoms with E-state index in [1.165, 1.54) is 6.92 Å². The van der Waals surface area contributed by atoms with Crippen molar-refractivity contribution < 1.29 is 19.7 Å². The molecule has 0 aromatic heterocycles. The zero-order valence-electron chi connectivity index (χ0n) is 12.2. The minimum absolute atomic E-state index is 0.132. The van der Waals surface area contributed by atoms with Gasteiger partial charge in [0.2, 0.25) is 0 Å². The van der Waals surface area contributed by atoms with Crippen LogP contribution in [0.2, 0.25) is 0 Å². The molecule has 0 spiro atoms. The van der Waals surface area contributed by atoms with E-state index >= 15 is 0 Å². The molecular weight excluding hydrogens is 268 g/mol. The summed E-state index contributed by atoms with van der Waals surface area (Å²) in [5.74, 6) is -0.328. The number of aliphatic carboxylic acids is 1. The Morgan fingerprint density at radius 3 is 2.52 bits per heavy atom. The van der Waals surface area contributed by atoms with Crippen LogP contribution in [0.3, 0.4) is 0 Å². The molecule has 0 amide bonds. The first kappa shape index (κ1) is 15.3. The lowest BCUT2D eigenvalue weighted by Crippen LogP contribution is -2.22. The summed E-state index contributed by atoms with van der Waals surface area (Å²) in [5, 5.41) is 18.5. The van der Waals surface area contributed by atoms with Crippen LogP contribution in [0.1, 0.15) is 25.8 Å². The third kappa shape index (κ3) is 3.95. The molecule has 0 saturated carbocycles. The van der Waals surface area contributed by atoms with E-state index in [1.807, 2.05) is 18.2 Å². The molecule has 0 aliphatic heterocycles. The molecule has 1 aromatic rings. The summed E-state index contributed by atoms with van der Waals surface area (Å²) in [5.41, 5.74) is 2.08. The van der Waals surface area contributed by atoms with Crippen LogP contribution in [0.5, 0.6) is 5.75 Å². The van der Waals surface area contributed by atoms with Gasteiger partial charge in [0.1, 0.15) is 5.75 Å². The van der Waals surface area contributed by atoms with Crippen molar-refractivity contribution in [2.45, 2.75) is 32.5 Å². The molecule has 21 heavy (non-hydrogen) atoms. The average Bonchev–Trinajstić information content (AvgIpc) is 2.48. The van der Waals surface area contributed by atoms with E-state index in [0.29, 0.717) is 5.75 Å². The highest BCUT2D eigenvalue weighted by Gasteiger charge is 2.16. The van der Waals surface area contributed by atoms with E-state index in [0.717, 1.165) is 17.6 Å². The van der Waals surface area contributed by atoms with E-state index in [-0.39, 0.29) is 12.0 Å². The van der Waals surface area contributed by atoms with Gasteiger partial charge in [-0.2, -0.15) is 0 Å². The Labute approximate surface area is 124 Å². The molecule has 1 aliphatic carbocycles. The van der Waals surface area contributed by atoms with Crippen LogP contribution >= 0.6 is 0 Å². The summed E-state index contributed by atoms with van der Waals surface area (Å²) >= 11 is 0. The van der Waals surface area contributed by atoms with Gasteiger partial charge >= 0.3 is 5.97 Å². The van der Waals surface area contributed by atoms with E-state index < -0.39 is 12.1 Å². The van der Waals surface area contributed by atoms with Crippen LogP contribution in [-0.2, 0) is 4.79 Å². The number of hydrogen-bond acceptors (Lipinski definition) is 3. The Morgan fingerprint density at radius 2 is 1.95 bits per heavy atom. The summed E-state index contributed by atoms with van der Waals surface area (Å²) < 4.78 is 5.30. The normalized spacial score (nSPS) is 20.5. The number of benzene rings is 1. The standard InChI is InChI=1S/C17H20O4/c1-11(18)14-4-3-5-15(10-14)13-6-8-16(9-7-13)21-12(2)17(19)20/h3,5-12,14,18H,4H2,1-2H3,(H,19,20)/t11-,12?,14?/m1/s1. The van der Waals surface area contributed by atoms with Gasteiger partial charge in [-0.3, -0.25) is 0 Å². The molecule has 0 fully saturated rings. The Bertz CT molecular complexity index is 555. The third-order valence-electron chi connectivity index (χ3n) is 3.57. The number of aliphatic hydroxyl groups is 1. The maximum atomic E-state index is 10.8. The van der Waals surface area contributed by atoms with Crippen molar-refractivity contribution in [2.24, 2.45) is 5.92 Å². The molecule has 2 rings (SSSR count). The Morgan fingerprint density at radius 1 is 1.29 bits per heavy atom. The van der Waals surface area contributed by atoms with Crippen LogP contribution < -0.4 is 4.74 Å². The number of carbonyl (C=O) groups is 1. The predicted molar refractivity (Wildman–Crippen MR) is 81.1 cm³/mol. The highest BCUT2D eigenvalue weighted by atomic mass is 16.5. The van der Waals surface area contributed by atoms with Gasteiger partial charge < -0.3 is 14.9 Å². The second-order valence-electron chi connectivity index (χ2n) is 5.29. The lowest BCUT2D eigenvalue weighted by molar-refractivity contribution is -0.144. The number of aliphatic hydroxyl groups excluding tert-OH is 1. The number of carboxylic acid groups (broad SMARTS) is 1. The second kappa shape index (κ2) is 6.59. The Kier molecular flexibility index (Phi) is 4.81. The summed E-state index contributed by atoms with van der Waals surface area (Å²) in [6, 6.07) is 7.31. The number of rotatable bonds is 5. The molecule has 4 heteroatoms. The summed E-state index contributed by atoms with van der Waals surface area (Å²) in [7, 11) is 0. The maximum Gasteiger partial charge on any atom is 0.344 e. The largest absolute Gasteiger partial charge is 0.479 e. The first-order valence-corrected chi connectivity index (χ1v) is 7.03. The first-order valence-electron chi connectivity index (χ1n) is 7.03. The van der Waals surface area contributed by atoms with E-state index in [9.17, 15) is 9.90 Å². The highest BCUT2D eigenvalue weighted by Crippen LogP contribution is 2.27. The molecule has 4 nitrogen and oxygen atoms in total. The van der Waals surface area contributed by atoms with Crippen molar-refractivity contribution in [3.05, 3.63) is 48.1 Å².